The van der Waals surface area contributed by atoms with Crippen LogP contribution in [0.4, 0.5) is 0 Å². The molecule has 66 valence electrons. The molecule has 0 aliphatic rings. The molecular weight excluding hydrogens is 217 g/mol. The van der Waals surface area contributed by atoms with Crippen LogP contribution in [0.3, 0.4) is 0 Å². The minimum atomic E-state index is -3.17. The Morgan fingerprint density at radius 1 is 1.50 bits per heavy atom. The summed E-state index contributed by atoms with van der Waals surface area (Å²) in [7, 11) is -6.16. The number of aliphatic hydroxyl groups is 1. The molecule has 2 N–H and O–H groups in total. The zero-order valence-electron chi connectivity index (χ0n) is 6.84. The SMILES string of the molecule is CCCO.O=[P+]([O-])O[P+](=O)O.[Na+]. The summed E-state index contributed by atoms with van der Waals surface area (Å²) >= 11 is 0. The summed E-state index contributed by atoms with van der Waals surface area (Å²) in [6, 6.07) is 0. The Hall–Kier alpha value is 1.04. The largest absolute Gasteiger partial charge is 1.00 e. The third-order valence-electron chi connectivity index (χ3n) is 0.360. The smallest absolute Gasteiger partial charge is 0.563 e. The van der Waals surface area contributed by atoms with Gasteiger partial charge in [-0.3, -0.25) is 0 Å². The zero-order chi connectivity index (χ0) is 9.28. The van der Waals surface area contributed by atoms with Crippen molar-refractivity contribution in [3.63, 3.8) is 0 Å². The molecule has 12 heavy (non-hydrogen) atoms. The molecule has 0 heterocycles. The van der Waals surface area contributed by atoms with Gasteiger partial charge in [-0.15, -0.1) is 4.89 Å². The van der Waals surface area contributed by atoms with Crippen LogP contribution < -0.4 is 34.5 Å². The summed E-state index contributed by atoms with van der Waals surface area (Å²) in [5.74, 6) is 0. The molecule has 0 aromatic rings. The van der Waals surface area contributed by atoms with Crippen LogP contribution in [0.2, 0.25) is 0 Å². The van der Waals surface area contributed by atoms with Crippen molar-refractivity contribution in [1.82, 2.24) is 0 Å². The second kappa shape index (κ2) is 14.6. The maximum atomic E-state index is 9.35. The van der Waals surface area contributed by atoms with Gasteiger partial charge in [0.1, 0.15) is 4.31 Å². The quantitative estimate of drug-likeness (QED) is 0.394. The van der Waals surface area contributed by atoms with Crippen LogP contribution in [0.1, 0.15) is 13.3 Å². The summed E-state index contributed by atoms with van der Waals surface area (Å²) in [6.45, 7) is 2.25. The molecule has 0 rings (SSSR count). The van der Waals surface area contributed by atoms with Gasteiger partial charge in [-0.25, -0.2) is 0 Å². The van der Waals surface area contributed by atoms with Gasteiger partial charge < -0.3 is 10.00 Å². The first-order valence-corrected chi connectivity index (χ1v) is 4.86. The number of hydrogen-bond donors (Lipinski definition) is 2. The van der Waals surface area contributed by atoms with E-state index in [9.17, 15) is 14.0 Å². The molecule has 0 aliphatic heterocycles. The molecule has 6 nitrogen and oxygen atoms in total. The Balaban J connectivity index is -0.000000142. The molecule has 0 spiro atoms. The van der Waals surface area contributed by atoms with E-state index in [1.54, 1.807) is 0 Å². The normalized spacial score (nSPS) is 10.3. The summed E-state index contributed by atoms with van der Waals surface area (Å²) in [6.07, 6.45) is 0.875. The molecular formula is C3H9NaO6P2+2. The van der Waals surface area contributed by atoms with Crippen molar-refractivity contribution in [2.24, 2.45) is 0 Å². The molecule has 9 heteroatoms. The molecule has 0 saturated carbocycles. The zero-order valence-corrected chi connectivity index (χ0v) is 10.6. The van der Waals surface area contributed by atoms with Gasteiger partial charge >= 0.3 is 46.1 Å². The minimum absolute atomic E-state index is 0. The Bertz CT molecular complexity index is 116. The van der Waals surface area contributed by atoms with Gasteiger partial charge in [0.2, 0.25) is 0 Å². The van der Waals surface area contributed by atoms with E-state index in [4.69, 9.17) is 10.00 Å². The first-order chi connectivity index (χ1) is 5.04. The van der Waals surface area contributed by atoms with Crippen molar-refractivity contribution in [2.75, 3.05) is 6.61 Å². The van der Waals surface area contributed by atoms with Gasteiger partial charge in [-0.2, -0.15) is 0 Å². The van der Waals surface area contributed by atoms with Gasteiger partial charge in [0, 0.05) is 11.2 Å². The van der Waals surface area contributed by atoms with E-state index in [0.29, 0.717) is 6.61 Å². The Kier molecular flexibility index (Phi) is 22.7. The van der Waals surface area contributed by atoms with Gasteiger partial charge in [0.25, 0.3) is 0 Å². The fourth-order valence-electron chi connectivity index (χ4n) is 0.0570. The summed E-state index contributed by atoms with van der Waals surface area (Å²) < 4.78 is 21.9. The molecule has 2 unspecified atom stereocenters. The molecule has 0 aliphatic carbocycles. The van der Waals surface area contributed by atoms with Crippen LogP contribution >= 0.6 is 16.5 Å². The first-order valence-electron chi connectivity index (χ1n) is 2.64. The molecule has 0 amide bonds. The number of hydrogen-bond acceptors (Lipinski definition) is 5. The molecule has 0 saturated heterocycles. The molecule has 0 radical (unpaired) electrons. The van der Waals surface area contributed by atoms with E-state index in [0.717, 1.165) is 6.42 Å². The summed E-state index contributed by atoms with van der Waals surface area (Å²) in [4.78, 5) is 16.9. The average Bonchev–Trinajstić information content (AvgIpc) is 1.85. The first kappa shape index (κ1) is 18.8. The van der Waals surface area contributed by atoms with Crippen molar-refractivity contribution in [3.05, 3.63) is 0 Å². The van der Waals surface area contributed by atoms with Gasteiger partial charge in [0.05, 0.1) is 0 Å². The van der Waals surface area contributed by atoms with Crippen LogP contribution in [-0.2, 0) is 13.4 Å². The van der Waals surface area contributed by atoms with E-state index < -0.39 is 16.5 Å². The van der Waals surface area contributed by atoms with Crippen molar-refractivity contribution < 1.29 is 57.9 Å². The minimum Gasteiger partial charge on any atom is -0.563 e. The average molecular weight is 226 g/mol. The van der Waals surface area contributed by atoms with Crippen molar-refractivity contribution in [1.29, 1.82) is 0 Å². The third kappa shape index (κ3) is 30.5. The van der Waals surface area contributed by atoms with Crippen LogP contribution in [0.25, 0.3) is 0 Å². The van der Waals surface area contributed by atoms with Crippen LogP contribution in [0.15, 0.2) is 0 Å². The molecule has 0 fully saturated rings. The maximum absolute atomic E-state index is 9.35. The molecule has 0 aromatic carbocycles. The van der Waals surface area contributed by atoms with E-state index in [1.165, 1.54) is 0 Å². The van der Waals surface area contributed by atoms with E-state index >= 15 is 0 Å². The fraction of sp³-hybridized carbons (Fsp3) is 1.00. The second-order valence-electron chi connectivity index (χ2n) is 1.27. The Morgan fingerprint density at radius 3 is 1.83 bits per heavy atom. The Labute approximate surface area is 94.1 Å². The van der Waals surface area contributed by atoms with Crippen molar-refractivity contribution in [2.45, 2.75) is 13.3 Å². The third-order valence-corrected chi connectivity index (χ3v) is 1.45. The molecule has 0 aromatic heterocycles. The van der Waals surface area contributed by atoms with Crippen LogP contribution in [-0.4, -0.2) is 16.6 Å². The maximum Gasteiger partial charge on any atom is 1.00 e. The van der Waals surface area contributed by atoms with Crippen LogP contribution in [0.5, 0.6) is 0 Å². The van der Waals surface area contributed by atoms with Crippen LogP contribution in [0, 0.1) is 0 Å². The van der Waals surface area contributed by atoms with Gasteiger partial charge in [0.15, 0.2) is 0 Å². The van der Waals surface area contributed by atoms with E-state index in [-0.39, 0.29) is 29.6 Å². The Morgan fingerprint density at radius 2 is 1.83 bits per heavy atom. The molecule has 0 bridgehead atoms. The topological polar surface area (TPSA) is 107 Å². The van der Waals surface area contributed by atoms with Gasteiger partial charge in [-0.1, -0.05) is 6.92 Å². The predicted octanol–water partition coefficient (Wildman–Crippen LogP) is -2.94. The number of rotatable bonds is 3. The second-order valence-corrected chi connectivity index (χ2v) is 2.84. The number of aliphatic hydroxyl groups excluding tert-OH is 1. The van der Waals surface area contributed by atoms with E-state index in [2.05, 4.69) is 4.31 Å². The van der Waals surface area contributed by atoms with Crippen molar-refractivity contribution >= 4 is 16.5 Å². The monoisotopic (exact) mass is 226 g/mol. The molecule has 2 atom stereocenters. The van der Waals surface area contributed by atoms with E-state index in [1.807, 2.05) is 6.92 Å². The predicted molar refractivity (Wildman–Crippen MR) is 35.9 cm³/mol. The summed E-state index contributed by atoms with van der Waals surface area (Å²) in [5.41, 5.74) is 0. The fourth-order valence-corrected chi connectivity index (χ4v) is 0.513. The standard InChI is InChI=1S/C3H8O.Na.O5P2/c1-2-3-4;;1-6(2)5-7(3)4/h4H,2-3H2,1H3;;/q;+1;/p+1. The van der Waals surface area contributed by atoms with Gasteiger partial charge in [-0.05, 0) is 11.0 Å². The van der Waals surface area contributed by atoms with Crippen molar-refractivity contribution in [3.8, 4) is 0 Å². The summed E-state index contributed by atoms with van der Waals surface area (Å²) in [5, 5.41) is 7.88.